The number of rotatable bonds is 2. The van der Waals surface area contributed by atoms with Crippen molar-refractivity contribution in [2.24, 2.45) is 0 Å². The van der Waals surface area contributed by atoms with Gasteiger partial charge in [-0.3, -0.25) is 0 Å². The van der Waals surface area contributed by atoms with Gasteiger partial charge in [-0.1, -0.05) is 11.6 Å². The summed E-state index contributed by atoms with van der Waals surface area (Å²) in [5.41, 5.74) is -0.0477. The van der Waals surface area contributed by atoms with Crippen molar-refractivity contribution in [2.75, 3.05) is 7.11 Å². The molecule has 0 bridgehead atoms. The largest absolute Gasteiger partial charge is 0.480 e. The zero-order valence-electron chi connectivity index (χ0n) is 6.54. The van der Waals surface area contributed by atoms with E-state index in [4.69, 9.17) is 21.4 Å². The molecule has 0 aliphatic heterocycles. The standard InChI is InChI=1S/C7H5BrClNO3/c1-13-6-5(8)4(7(11)12)3(9)2-10-6/h2H,1H3,(H,11,12). The van der Waals surface area contributed by atoms with Gasteiger partial charge in [0, 0.05) is 0 Å². The third-order valence-electron chi connectivity index (χ3n) is 1.35. The van der Waals surface area contributed by atoms with E-state index in [1.54, 1.807) is 0 Å². The molecule has 13 heavy (non-hydrogen) atoms. The Morgan fingerprint density at radius 1 is 1.77 bits per heavy atom. The number of aromatic nitrogens is 1. The summed E-state index contributed by atoms with van der Waals surface area (Å²) in [5.74, 6) is -0.931. The van der Waals surface area contributed by atoms with Crippen molar-refractivity contribution >= 4 is 33.5 Å². The van der Waals surface area contributed by atoms with E-state index in [1.807, 2.05) is 0 Å². The van der Waals surface area contributed by atoms with Crippen LogP contribution < -0.4 is 4.74 Å². The highest BCUT2D eigenvalue weighted by atomic mass is 79.9. The summed E-state index contributed by atoms with van der Waals surface area (Å²) in [6.07, 6.45) is 1.23. The summed E-state index contributed by atoms with van der Waals surface area (Å²) >= 11 is 8.66. The number of ether oxygens (including phenoxy) is 1. The second-order valence-corrected chi connectivity index (χ2v) is 3.31. The van der Waals surface area contributed by atoms with E-state index in [-0.39, 0.29) is 20.9 Å². The quantitative estimate of drug-likeness (QED) is 0.891. The van der Waals surface area contributed by atoms with Crippen LogP contribution >= 0.6 is 27.5 Å². The van der Waals surface area contributed by atoms with Crippen molar-refractivity contribution in [1.82, 2.24) is 4.98 Å². The number of nitrogens with zero attached hydrogens (tertiary/aromatic N) is 1. The minimum absolute atomic E-state index is 0.0477. The van der Waals surface area contributed by atoms with Gasteiger partial charge in [-0.2, -0.15) is 0 Å². The molecule has 6 heteroatoms. The van der Waals surface area contributed by atoms with E-state index >= 15 is 0 Å². The third kappa shape index (κ3) is 1.92. The average Bonchev–Trinajstić information content (AvgIpc) is 2.04. The number of hydrogen-bond donors (Lipinski definition) is 1. The van der Waals surface area contributed by atoms with E-state index in [1.165, 1.54) is 13.3 Å². The van der Waals surface area contributed by atoms with Crippen LogP contribution in [0.2, 0.25) is 5.02 Å². The molecular formula is C7H5BrClNO3. The summed E-state index contributed by atoms with van der Waals surface area (Å²) in [4.78, 5) is 14.5. The molecule has 0 atom stereocenters. The summed E-state index contributed by atoms with van der Waals surface area (Å²) in [7, 11) is 1.40. The molecule has 4 nitrogen and oxygen atoms in total. The first-order valence-corrected chi connectivity index (χ1v) is 4.36. The van der Waals surface area contributed by atoms with E-state index in [2.05, 4.69) is 20.9 Å². The van der Waals surface area contributed by atoms with E-state index < -0.39 is 5.97 Å². The van der Waals surface area contributed by atoms with Crippen molar-refractivity contribution in [1.29, 1.82) is 0 Å². The second-order valence-electron chi connectivity index (χ2n) is 2.11. The van der Waals surface area contributed by atoms with Gasteiger partial charge in [0.2, 0.25) is 5.88 Å². The normalized spacial score (nSPS) is 9.77. The molecule has 1 heterocycles. The highest BCUT2D eigenvalue weighted by molar-refractivity contribution is 9.10. The fourth-order valence-electron chi connectivity index (χ4n) is 0.787. The lowest BCUT2D eigenvalue weighted by Crippen LogP contribution is -2.02. The number of carboxylic acids is 1. The van der Waals surface area contributed by atoms with Gasteiger partial charge in [-0.05, 0) is 15.9 Å². The Kier molecular flexibility index (Phi) is 3.11. The monoisotopic (exact) mass is 265 g/mol. The molecule has 0 aromatic carbocycles. The smallest absolute Gasteiger partial charge is 0.338 e. The molecule has 1 aromatic heterocycles. The lowest BCUT2D eigenvalue weighted by Gasteiger charge is -2.05. The highest BCUT2D eigenvalue weighted by Gasteiger charge is 2.17. The maximum absolute atomic E-state index is 10.7. The van der Waals surface area contributed by atoms with Crippen LogP contribution in [0, 0.1) is 0 Å². The SMILES string of the molecule is COc1ncc(Cl)c(C(=O)O)c1Br. The lowest BCUT2D eigenvalue weighted by atomic mass is 10.3. The summed E-state index contributed by atoms with van der Waals surface area (Å²) in [6.45, 7) is 0. The maximum Gasteiger partial charge on any atom is 0.338 e. The Morgan fingerprint density at radius 3 is 2.85 bits per heavy atom. The molecule has 0 spiro atoms. The number of carboxylic acid groups (broad SMARTS) is 1. The fourth-order valence-corrected chi connectivity index (χ4v) is 1.77. The van der Waals surface area contributed by atoms with Crippen LogP contribution in [0.3, 0.4) is 0 Å². The van der Waals surface area contributed by atoms with Crippen LogP contribution in [-0.2, 0) is 0 Å². The van der Waals surface area contributed by atoms with Gasteiger partial charge in [0.1, 0.15) is 0 Å². The minimum atomic E-state index is -1.13. The Bertz CT molecular complexity index is 356. The molecule has 0 unspecified atom stereocenters. The first-order chi connectivity index (χ1) is 6.07. The number of aromatic carboxylic acids is 1. The van der Waals surface area contributed by atoms with Crippen molar-refractivity contribution in [3.8, 4) is 5.88 Å². The molecule has 70 valence electrons. The molecular weight excluding hydrogens is 261 g/mol. The minimum Gasteiger partial charge on any atom is -0.480 e. The molecule has 1 N–H and O–H groups in total. The highest BCUT2D eigenvalue weighted by Crippen LogP contribution is 2.30. The Morgan fingerprint density at radius 2 is 2.38 bits per heavy atom. The van der Waals surface area contributed by atoms with Gasteiger partial charge in [0.05, 0.1) is 28.4 Å². The molecule has 0 fully saturated rings. The van der Waals surface area contributed by atoms with Crippen LogP contribution in [0.1, 0.15) is 10.4 Å². The first-order valence-electron chi connectivity index (χ1n) is 3.19. The van der Waals surface area contributed by atoms with Crippen LogP contribution in [0.4, 0.5) is 0 Å². The van der Waals surface area contributed by atoms with Gasteiger partial charge in [-0.25, -0.2) is 9.78 Å². The van der Waals surface area contributed by atoms with Crippen LogP contribution in [-0.4, -0.2) is 23.2 Å². The zero-order chi connectivity index (χ0) is 10.0. The average molecular weight is 266 g/mol. The van der Waals surface area contributed by atoms with Gasteiger partial charge < -0.3 is 9.84 Å². The van der Waals surface area contributed by atoms with Crippen molar-refractivity contribution in [2.45, 2.75) is 0 Å². The molecule has 0 saturated heterocycles. The molecule has 1 aromatic rings. The van der Waals surface area contributed by atoms with Crippen LogP contribution in [0.15, 0.2) is 10.7 Å². The number of halogens is 2. The number of carbonyl (C=O) groups is 1. The Balaban J connectivity index is 3.38. The molecule has 0 saturated carbocycles. The molecule has 0 amide bonds. The van der Waals surface area contributed by atoms with Crippen LogP contribution in [0.25, 0.3) is 0 Å². The molecule has 0 aliphatic rings. The third-order valence-corrected chi connectivity index (χ3v) is 2.37. The Labute approximate surface area is 87.6 Å². The van der Waals surface area contributed by atoms with Crippen LogP contribution in [0.5, 0.6) is 5.88 Å². The maximum atomic E-state index is 10.7. The summed E-state index contributed by atoms with van der Waals surface area (Å²) < 4.78 is 5.06. The summed E-state index contributed by atoms with van der Waals surface area (Å²) in [5, 5.41) is 8.84. The van der Waals surface area contributed by atoms with E-state index in [9.17, 15) is 4.79 Å². The predicted molar refractivity (Wildman–Crippen MR) is 50.5 cm³/mol. The molecule has 0 aliphatic carbocycles. The Hall–Kier alpha value is -0.810. The van der Waals surface area contributed by atoms with E-state index in [0.29, 0.717) is 0 Å². The fraction of sp³-hybridized carbons (Fsp3) is 0.143. The number of hydrogen-bond acceptors (Lipinski definition) is 3. The van der Waals surface area contributed by atoms with Crippen molar-refractivity contribution in [3.63, 3.8) is 0 Å². The molecule has 1 rings (SSSR count). The number of methoxy groups -OCH3 is 1. The van der Waals surface area contributed by atoms with Crippen molar-refractivity contribution < 1.29 is 14.6 Å². The summed E-state index contributed by atoms with van der Waals surface area (Å²) in [6, 6.07) is 0. The van der Waals surface area contributed by atoms with Gasteiger partial charge in [0.25, 0.3) is 0 Å². The van der Waals surface area contributed by atoms with Gasteiger partial charge >= 0.3 is 5.97 Å². The zero-order valence-corrected chi connectivity index (χ0v) is 8.89. The lowest BCUT2D eigenvalue weighted by molar-refractivity contribution is 0.0695. The second kappa shape index (κ2) is 3.93. The van der Waals surface area contributed by atoms with E-state index in [0.717, 1.165) is 0 Å². The predicted octanol–water partition coefficient (Wildman–Crippen LogP) is 2.20. The topological polar surface area (TPSA) is 59.4 Å². The number of pyridine rings is 1. The van der Waals surface area contributed by atoms with Gasteiger partial charge in [-0.15, -0.1) is 0 Å². The first kappa shape index (κ1) is 10.3. The van der Waals surface area contributed by atoms with Gasteiger partial charge in [0.15, 0.2) is 0 Å². The molecule has 0 radical (unpaired) electrons. The van der Waals surface area contributed by atoms with Crippen molar-refractivity contribution in [3.05, 3.63) is 21.3 Å².